The van der Waals surface area contributed by atoms with Gasteiger partial charge >= 0.3 is 0 Å². The van der Waals surface area contributed by atoms with Gasteiger partial charge in [-0.15, -0.1) is 0 Å². The summed E-state index contributed by atoms with van der Waals surface area (Å²) in [4.78, 5) is 0. The van der Waals surface area contributed by atoms with E-state index in [1.165, 1.54) is 44.9 Å². The van der Waals surface area contributed by atoms with Crippen LogP contribution in [0.4, 0.5) is 13.2 Å². The van der Waals surface area contributed by atoms with Gasteiger partial charge in [0.15, 0.2) is 0 Å². The standard InChI is InChI=1S/C26H30ClF3/c1-2-3-4-16-5-6-18-12-19(8-7-17(18)11-16)20-9-10-22(23(28)13-20)21-14-24(29)26(27)25(30)15-21/h9-10,13-19H,2-8,11-12H2,1H3. The Morgan fingerprint density at radius 3 is 2.27 bits per heavy atom. The lowest BCUT2D eigenvalue weighted by atomic mass is 9.63. The van der Waals surface area contributed by atoms with E-state index in [2.05, 4.69) is 6.92 Å². The average Bonchev–Trinajstić information content (AvgIpc) is 2.75. The van der Waals surface area contributed by atoms with E-state index in [-0.39, 0.29) is 11.1 Å². The van der Waals surface area contributed by atoms with E-state index < -0.39 is 22.5 Å². The summed E-state index contributed by atoms with van der Waals surface area (Å²) in [5.74, 6) is 0.690. The SMILES string of the molecule is CCCCC1CCC2CC(c3ccc(-c4cc(F)c(Cl)c(F)c4)c(F)c3)CCC2C1. The molecule has 4 unspecified atom stereocenters. The molecular formula is C26H30ClF3. The van der Waals surface area contributed by atoms with Gasteiger partial charge in [0.05, 0.1) is 0 Å². The number of rotatable bonds is 5. The lowest BCUT2D eigenvalue weighted by Crippen LogP contribution is -2.30. The van der Waals surface area contributed by atoms with Crippen LogP contribution in [0.1, 0.15) is 76.2 Å². The molecule has 162 valence electrons. The molecule has 0 bridgehead atoms. The summed E-state index contributed by atoms with van der Waals surface area (Å²) >= 11 is 5.55. The highest BCUT2D eigenvalue weighted by Crippen LogP contribution is 2.48. The van der Waals surface area contributed by atoms with Gasteiger partial charge in [0, 0.05) is 5.56 Å². The third-order valence-corrected chi connectivity index (χ3v) is 7.81. The van der Waals surface area contributed by atoms with Crippen molar-refractivity contribution < 1.29 is 13.2 Å². The molecule has 0 radical (unpaired) electrons. The topological polar surface area (TPSA) is 0 Å². The van der Waals surface area contributed by atoms with Gasteiger partial charge in [-0.25, -0.2) is 13.2 Å². The first-order valence-electron chi connectivity index (χ1n) is 11.4. The molecule has 4 heteroatoms. The van der Waals surface area contributed by atoms with Crippen LogP contribution in [0.5, 0.6) is 0 Å². The highest BCUT2D eigenvalue weighted by atomic mass is 35.5. The summed E-state index contributed by atoms with van der Waals surface area (Å²) in [7, 11) is 0. The van der Waals surface area contributed by atoms with Crippen LogP contribution in [0, 0.1) is 35.2 Å². The van der Waals surface area contributed by atoms with E-state index in [1.807, 2.05) is 6.07 Å². The van der Waals surface area contributed by atoms with Gasteiger partial charge in [0.2, 0.25) is 0 Å². The summed E-state index contributed by atoms with van der Waals surface area (Å²) < 4.78 is 42.5. The quantitative estimate of drug-likeness (QED) is 0.412. The predicted octanol–water partition coefficient (Wildman–Crippen LogP) is 8.91. The van der Waals surface area contributed by atoms with Gasteiger partial charge in [-0.3, -0.25) is 0 Å². The van der Waals surface area contributed by atoms with Gasteiger partial charge in [0.25, 0.3) is 0 Å². The lowest BCUT2D eigenvalue weighted by molar-refractivity contribution is 0.113. The van der Waals surface area contributed by atoms with E-state index in [4.69, 9.17) is 11.6 Å². The van der Waals surface area contributed by atoms with Crippen LogP contribution >= 0.6 is 11.6 Å². The molecule has 0 aromatic heterocycles. The molecule has 0 spiro atoms. The molecule has 0 aliphatic heterocycles. The minimum Gasteiger partial charge on any atom is -0.206 e. The van der Waals surface area contributed by atoms with Crippen LogP contribution in [-0.2, 0) is 0 Å². The Kier molecular flexibility index (Phi) is 6.77. The molecule has 4 atom stereocenters. The van der Waals surface area contributed by atoms with E-state index in [1.54, 1.807) is 12.1 Å². The van der Waals surface area contributed by atoms with Gasteiger partial charge in [0.1, 0.15) is 22.5 Å². The molecule has 2 aliphatic rings. The van der Waals surface area contributed by atoms with Crippen LogP contribution in [0.25, 0.3) is 11.1 Å². The van der Waals surface area contributed by atoms with Gasteiger partial charge < -0.3 is 0 Å². The predicted molar refractivity (Wildman–Crippen MR) is 117 cm³/mol. The van der Waals surface area contributed by atoms with Crippen molar-refractivity contribution in [1.82, 2.24) is 0 Å². The molecule has 4 rings (SSSR count). The van der Waals surface area contributed by atoms with Crippen molar-refractivity contribution in [2.75, 3.05) is 0 Å². The second kappa shape index (κ2) is 9.34. The number of unbranched alkanes of at least 4 members (excludes halogenated alkanes) is 1. The monoisotopic (exact) mass is 434 g/mol. The van der Waals surface area contributed by atoms with Crippen LogP contribution < -0.4 is 0 Å². The summed E-state index contributed by atoms with van der Waals surface area (Å²) in [5, 5.41) is -0.558. The van der Waals surface area contributed by atoms with Crippen LogP contribution in [-0.4, -0.2) is 0 Å². The smallest absolute Gasteiger partial charge is 0.145 e. The van der Waals surface area contributed by atoms with E-state index in [9.17, 15) is 13.2 Å². The Labute approximate surface area is 182 Å². The summed E-state index contributed by atoms with van der Waals surface area (Å²) in [6.45, 7) is 2.27. The van der Waals surface area contributed by atoms with Gasteiger partial charge in [-0.05, 0) is 85.1 Å². The second-order valence-electron chi connectivity index (χ2n) is 9.34. The Hall–Kier alpha value is -1.48. The Morgan fingerprint density at radius 1 is 0.867 bits per heavy atom. The molecule has 0 N–H and O–H groups in total. The highest BCUT2D eigenvalue weighted by Gasteiger charge is 2.35. The van der Waals surface area contributed by atoms with Crippen LogP contribution in [0.15, 0.2) is 30.3 Å². The molecular weight excluding hydrogens is 405 g/mol. The molecule has 0 amide bonds. The maximum atomic E-state index is 14.9. The molecule has 2 saturated carbocycles. The second-order valence-corrected chi connectivity index (χ2v) is 9.72. The van der Waals surface area contributed by atoms with Crippen molar-refractivity contribution in [2.24, 2.45) is 17.8 Å². The number of benzene rings is 2. The van der Waals surface area contributed by atoms with Crippen molar-refractivity contribution in [2.45, 2.75) is 70.6 Å². The molecule has 2 fully saturated rings. The third-order valence-electron chi connectivity index (χ3n) is 7.45. The van der Waals surface area contributed by atoms with E-state index in [0.717, 1.165) is 48.3 Å². The molecule has 2 aliphatic carbocycles. The van der Waals surface area contributed by atoms with Crippen molar-refractivity contribution in [3.8, 4) is 11.1 Å². The fourth-order valence-electron chi connectivity index (χ4n) is 5.77. The minimum atomic E-state index is -0.872. The lowest BCUT2D eigenvalue weighted by Gasteiger charge is -2.42. The fourth-order valence-corrected chi connectivity index (χ4v) is 5.88. The largest absolute Gasteiger partial charge is 0.206 e. The molecule has 0 heterocycles. The van der Waals surface area contributed by atoms with Crippen molar-refractivity contribution >= 4 is 11.6 Å². The third kappa shape index (κ3) is 4.56. The van der Waals surface area contributed by atoms with Crippen molar-refractivity contribution in [3.05, 3.63) is 58.4 Å². The van der Waals surface area contributed by atoms with E-state index in [0.29, 0.717) is 5.92 Å². The molecule has 2 aromatic carbocycles. The summed E-state index contributed by atoms with van der Waals surface area (Å²) in [6, 6.07) is 7.33. The minimum absolute atomic E-state index is 0.174. The molecule has 0 saturated heterocycles. The first-order chi connectivity index (χ1) is 14.5. The normalized spacial score (nSPS) is 26.4. The first-order valence-corrected chi connectivity index (χ1v) is 11.8. The van der Waals surface area contributed by atoms with E-state index >= 15 is 0 Å². The number of hydrogen-bond donors (Lipinski definition) is 0. The maximum absolute atomic E-state index is 14.9. The van der Waals surface area contributed by atoms with Gasteiger partial charge in [-0.1, -0.05) is 56.3 Å². The highest BCUT2D eigenvalue weighted by molar-refractivity contribution is 6.31. The number of hydrogen-bond acceptors (Lipinski definition) is 0. The van der Waals surface area contributed by atoms with Crippen LogP contribution in [0.2, 0.25) is 5.02 Å². The van der Waals surface area contributed by atoms with Crippen molar-refractivity contribution in [1.29, 1.82) is 0 Å². The maximum Gasteiger partial charge on any atom is 0.145 e. The average molecular weight is 435 g/mol. The van der Waals surface area contributed by atoms with Crippen LogP contribution in [0.3, 0.4) is 0 Å². The Balaban J connectivity index is 1.46. The zero-order valence-electron chi connectivity index (χ0n) is 17.6. The van der Waals surface area contributed by atoms with Crippen molar-refractivity contribution in [3.63, 3.8) is 0 Å². The summed E-state index contributed by atoms with van der Waals surface area (Å²) in [6.07, 6.45) is 11.5. The molecule has 0 nitrogen and oxygen atoms in total. The number of halogens is 4. The Morgan fingerprint density at radius 2 is 1.57 bits per heavy atom. The molecule has 2 aromatic rings. The molecule has 30 heavy (non-hydrogen) atoms. The summed E-state index contributed by atoms with van der Waals surface area (Å²) in [5.41, 5.74) is 1.39. The zero-order chi connectivity index (χ0) is 21.3. The fraction of sp³-hybridized carbons (Fsp3) is 0.538. The zero-order valence-corrected chi connectivity index (χ0v) is 18.3. The first kappa shape index (κ1) is 21.7. The number of fused-ring (bicyclic) bond motifs is 1. The van der Waals surface area contributed by atoms with Gasteiger partial charge in [-0.2, -0.15) is 0 Å². The Bertz CT molecular complexity index is 871.